The highest BCUT2D eigenvalue weighted by Gasteiger charge is 2.31. The third kappa shape index (κ3) is 3.97. The van der Waals surface area contributed by atoms with Crippen LogP contribution in [0.2, 0.25) is 10.0 Å². The second-order valence-corrected chi connectivity index (χ2v) is 6.83. The van der Waals surface area contributed by atoms with E-state index in [1.165, 1.54) is 0 Å². The Labute approximate surface area is 155 Å². The maximum Gasteiger partial charge on any atom is 0.306 e. The van der Waals surface area contributed by atoms with E-state index in [2.05, 4.69) is 0 Å². The Kier molecular flexibility index (Phi) is 5.30. The molecule has 3 rings (SSSR count). The van der Waals surface area contributed by atoms with Gasteiger partial charge in [-0.1, -0.05) is 29.3 Å². The topological polar surface area (TPSA) is 63.6 Å². The number of carboxylic acid groups (broad SMARTS) is 1. The molecular formula is C19H16Cl2O4. The molecule has 0 aromatic heterocycles. The van der Waals surface area contributed by atoms with Gasteiger partial charge in [-0.2, -0.15) is 0 Å². The van der Waals surface area contributed by atoms with Crippen LogP contribution >= 0.6 is 23.2 Å². The normalized spacial score (nSPS) is 19.6. The molecule has 0 radical (unpaired) electrons. The first-order valence-corrected chi connectivity index (χ1v) is 8.69. The van der Waals surface area contributed by atoms with E-state index in [1.54, 1.807) is 42.5 Å². The van der Waals surface area contributed by atoms with Crippen molar-refractivity contribution in [3.63, 3.8) is 0 Å². The number of carbonyl (C=O) groups excluding carboxylic acids is 1. The summed E-state index contributed by atoms with van der Waals surface area (Å²) < 4.78 is 5.82. The van der Waals surface area contributed by atoms with Crippen LogP contribution in [-0.2, 0) is 4.79 Å². The van der Waals surface area contributed by atoms with Gasteiger partial charge in [-0.3, -0.25) is 9.59 Å². The van der Waals surface area contributed by atoms with Crippen molar-refractivity contribution in [3.8, 4) is 5.75 Å². The second-order valence-electron chi connectivity index (χ2n) is 6.04. The molecule has 0 amide bonds. The summed E-state index contributed by atoms with van der Waals surface area (Å²) in [5.74, 6) is -0.711. The summed E-state index contributed by atoms with van der Waals surface area (Å²) in [6.07, 6.45) is 1.75. The van der Waals surface area contributed by atoms with E-state index in [-0.39, 0.29) is 22.8 Å². The predicted octanol–water partition coefficient (Wildman–Crippen LogP) is 4.86. The number of carboxylic acids is 1. The first-order chi connectivity index (χ1) is 12.0. The highest BCUT2D eigenvalue weighted by Crippen LogP contribution is 2.30. The molecule has 0 heterocycles. The average molecular weight is 379 g/mol. The van der Waals surface area contributed by atoms with E-state index < -0.39 is 5.97 Å². The average Bonchev–Trinajstić information content (AvgIpc) is 3.06. The van der Waals surface area contributed by atoms with Gasteiger partial charge in [0.25, 0.3) is 0 Å². The molecular weight excluding hydrogens is 363 g/mol. The van der Waals surface area contributed by atoms with Crippen molar-refractivity contribution in [2.45, 2.75) is 25.4 Å². The van der Waals surface area contributed by atoms with E-state index in [1.807, 2.05) is 0 Å². The van der Waals surface area contributed by atoms with Gasteiger partial charge in [-0.25, -0.2) is 0 Å². The van der Waals surface area contributed by atoms with Crippen LogP contribution in [0, 0.1) is 5.92 Å². The third-order valence-electron chi connectivity index (χ3n) is 4.35. The van der Waals surface area contributed by atoms with E-state index in [9.17, 15) is 9.59 Å². The molecule has 6 heteroatoms. The molecule has 2 unspecified atom stereocenters. The van der Waals surface area contributed by atoms with Gasteiger partial charge in [-0.15, -0.1) is 0 Å². The maximum atomic E-state index is 12.5. The van der Waals surface area contributed by atoms with Crippen LogP contribution < -0.4 is 4.74 Å². The zero-order valence-corrected chi connectivity index (χ0v) is 14.8. The van der Waals surface area contributed by atoms with Gasteiger partial charge in [0.15, 0.2) is 5.78 Å². The lowest BCUT2D eigenvalue weighted by molar-refractivity contribution is -0.141. The number of benzene rings is 2. The van der Waals surface area contributed by atoms with Crippen LogP contribution in [0.15, 0.2) is 42.5 Å². The van der Waals surface area contributed by atoms with Gasteiger partial charge in [0.1, 0.15) is 5.75 Å². The summed E-state index contributed by atoms with van der Waals surface area (Å²) in [5, 5.41) is 9.60. The Bertz CT molecular complexity index is 802. The van der Waals surface area contributed by atoms with Crippen molar-refractivity contribution in [1.82, 2.24) is 0 Å². The molecule has 2 atom stereocenters. The van der Waals surface area contributed by atoms with Gasteiger partial charge in [-0.05, 0) is 55.7 Å². The Hall–Kier alpha value is -2.04. The summed E-state index contributed by atoms with van der Waals surface area (Å²) >= 11 is 12.1. The minimum Gasteiger partial charge on any atom is -0.490 e. The number of ether oxygens (including phenoxy) is 1. The van der Waals surface area contributed by atoms with Crippen molar-refractivity contribution in [1.29, 1.82) is 0 Å². The van der Waals surface area contributed by atoms with E-state index in [0.29, 0.717) is 34.7 Å². The smallest absolute Gasteiger partial charge is 0.306 e. The van der Waals surface area contributed by atoms with Crippen LogP contribution in [0.5, 0.6) is 5.75 Å². The highest BCUT2D eigenvalue weighted by atomic mass is 35.5. The first-order valence-electron chi connectivity index (χ1n) is 7.94. The minimum atomic E-state index is -0.773. The van der Waals surface area contributed by atoms with Crippen LogP contribution in [0.3, 0.4) is 0 Å². The molecule has 130 valence electrons. The minimum absolute atomic E-state index is 0.106. The molecule has 0 aliphatic heterocycles. The fourth-order valence-electron chi connectivity index (χ4n) is 2.98. The van der Waals surface area contributed by atoms with Gasteiger partial charge >= 0.3 is 5.97 Å². The van der Waals surface area contributed by atoms with Crippen LogP contribution in [0.25, 0.3) is 0 Å². The van der Waals surface area contributed by atoms with Crippen LogP contribution in [0.4, 0.5) is 0 Å². The first kappa shape index (κ1) is 17.8. The largest absolute Gasteiger partial charge is 0.490 e. The molecule has 4 nitrogen and oxygen atoms in total. The van der Waals surface area contributed by atoms with Gasteiger partial charge in [0, 0.05) is 11.1 Å². The lowest BCUT2D eigenvalue weighted by atomic mass is 10.0. The lowest BCUT2D eigenvalue weighted by Crippen LogP contribution is -2.15. The predicted molar refractivity (Wildman–Crippen MR) is 95.7 cm³/mol. The number of rotatable bonds is 5. The summed E-state index contributed by atoms with van der Waals surface area (Å²) in [4.78, 5) is 23.5. The van der Waals surface area contributed by atoms with Gasteiger partial charge in [0.2, 0.25) is 0 Å². The molecule has 2 aromatic rings. The Balaban J connectivity index is 1.69. The number of hydrogen-bond donors (Lipinski definition) is 1. The molecule has 25 heavy (non-hydrogen) atoms. The van der Waals surface area contributed by atoms with Gasteiger partial charge < -0.3 is 9.84 Å². The third-order valence-corrected chi connectivity index (χ3v) is 5.17. The number of aliphatic carboxylic acids is 1. The zero-order chi connectivity index (χ0) is 18.0. The molecule has 1 saturated carbocycles. The van der Waals surface area contributed by atoms with Crippen molar-refractivity contribution in [2.75, 3.05) is 0 Å². The quantitative estimate of drug-likeness (QED) is 0.754. The second kappa shape index (κ2) is 7.46. The lowest BCUT2D eigenvalue weighted by Gasteiger charge is -2.14. The fraction of sp³-hybridized carbons (Fsp3) is 0.263. The molecule has 0 bridgehead atoms. The number of halogens is 2. The molecule has 0 spiro atoms. The van der Waals surface area contributed by atoms with Crippen molar-refractivity contribution < 1.29 is 19.4 Å². The molecule has 0 saturated heterocycles. The molecule has 1 fully saturated rings. The maximum absolute atomic E-state index is 12.5. The standard InChI is InChI=1S/C19H16Cl2O4/c20-16-3-1-2-15(17(16)21)18(22)11-4-7-13(8-5-11)25-14-9-6-12(10-14)19(23)24/h1-5,7-8,12,14H,6,9-10H2,(H,23,24). The summed E-state index contributed by atoms with van der Waals surface area (Å²) in [6, 6.07) is 11.7. The number of hydrogen-bond acceptors (Lipinski definition) is 3. The van der Waals surface area contributed by atoms with E-state index in [0.717, 1.165) is 6.42 Å². The Morgan fingerprint density at radius 3 is 2.40 bits per heavy atom. The number of ketones is 1. The van der Waals surface area contributed by atoms with Crippen molar-refractivity contribution in [2.24, 2.45) is 5.92 Å². The molecule has 2 aromatic carbocycles. The monoisotopic (exact) mass is 378 g/mol. The fourth-order valence-corrected chi connectivity index (χ4v) is 3.37. The molecule has 1 aliphatic carbocycles. The van der Waals surface area contributed by atoms with Crippen molar-refractivity contribution in [3.05, 3.63) is 63.6 Å². The molecule has 1 N–H and O–H groups in total. The number of carbonyl (C=O) groups is 2. The van der Waals surface area contributed by atoms with Crippen LogP contribution in [-0.4, -0.2) is 23.0 Å². The summed E-state index contributed by atoms with van der Waals surface area (Å²) in [5.41, 5.74) is 0.828. The summed E-state index contributed by atoms with van der Waals surface area (Å²) in [6.45, 7) is 0. The molecule has 1 aliphatic rings. The van der Waals surface area contributed by atoms with Crippen LogP contribution in [0.1, 0.15) is 35.2 Å². The Morgan fingerprint density at radius 2 is 1.76 bits per heavy atom. The van der Waals surface area contributed by atoms with Crippen molar-refractivity contribution >= 4 is 35.0 Å². The van der Waals surface area contributed by atoms with E-state index in [4.69, 9.17) is 33.0 Å². The zero-order valence-electron chi connectivity index (χ0n) is 13.2. The summed E-state index contributed by atoms with van der Waals surface area (Å²) in [7, 11) is 0. The van der Waals surface area contributed by atoms with E-state index >= 15 is 0 Å². The SMILES string of the molecule is O=C(c1ccc(OC2CCC(C(=O)O)C2)cc1)c1cccc(Cl)c1Cl. The van der Waals surface area contributed by atoms with Gasteiger partial charge in [0.05, 0.1) is 22.1 Å². The highest BCUT2D eigenvalue weighted by molar-refractivity contribution is 6.44. The Morgan fingerprint density at radius 1 is 1.04 bits per heavy atom.